The molecule has 3 unspecified atom stereocenters. The SMILES string of the molecule is CC[C@]1(C)C[C@@H](OC(=O)CO)[C@@]2(C)C3C(=O)CC[C@@]3(CC[C@H]2CO)C(C)C1O. The molecule has 0 aromatic carbocycles. The molecule has 28 heavy (non-hydrogen) atoms. The van der Waals surface area contributed by atoms with Gasteiger partial charge >= 0.3 is 5.97 Å². The normalized spacial score (nSPS) is 48.5. The second kappa shape index (κ2) is 7.37. The molecule has 0 aliphatic heterocycles. The average molecular weight is 397 g/mol. The Morgan fingerprint density at radius 3 is 2.50 bits per heavy atom. The molecule has 8 atom stereocenters. The largest absolute Gasteiger partial charge is 0.460 e. The zero-order valence-electron chi connectivity index (χ0n) is 17.6. The summed E-state index contributed by atoms with van der Waals surface area (Å²) in [6.07, 6.45) is 2.61. The van der Waals surface area contributed by atoms with E-state index >= 15 is 0 Å². The lowest BCUT2D eigenvalue weighted by Crippen LogP contribution is -2.64. The molecule has 3 N–H and O–H groups in total. The highest BCUT2D eigenvalue weighted by Crippen LogP contribution is 2.68. The molecule has 3 fully saturated rings. The van der Waals surface area contributed by atoms with E-state index in [1.54, 1.807) is 0 Å². The minimum atomic E-state index is -0.720. The Bertz CT molecular complexity index is 635. The molecule has 0 saturated heterocycles. The first-order chi connectivity index (χ1) is 13.1. The maximum atomic E-state index is 13.2. The third-order valence-electron chi connectivity index (χ3n) is 9.06. The van der Waals surface area contributed by atoms with Crippen LogP contribution in [0.5, 0.6) is 0 Å². The second-order valence-corrected chi connectivity index (χ2v) is 10.00. The first-order valence-electron chi connectivity index (χ1n) is 10.7. The molecule has 0 heterocycles. The van der Waals surface area contributed by atoms with E-state index < -0.39 is 35.6 Å². The van der Waals surface area contributed by atoms with Crippen LogP contribution in [0.3, 0.4) is 0 Å². The molecule has 0 spiro atoms. The Balaban J connectivity index is 2.21. The van der Waals surface area contributed by atoms with Gasteiger partial charge in [0.25, 0.3) is 0 Å². The Hall–Kier alpha value is -0.980. The molecule has 2 bridgehead atoms. The minimum absolute atomic E-state index is 0.0534. The molecule has 3 rings (SSSR count). The number of carbonyl (C=O) groups is 2. The van der Waals surface area contributed by atoms with Crippen LogP contribution in [0.25, 0.3) is 0 Å². The van der Waals surface area contributed by atoms with Crippen molar-refractivity contribution in [3.63, 3.8) is 0 Å². The Morgan fingerprint density at radius 1 is 1.25 bits per heavy atom. The van der Waals surface area contributed by atoms with Crippen molar-refractivity contribution in [2.45, 2.75) is 78.4 Å². The van der Waals surface area contributed by atoms with Crippen LogP contribution in [0.15, 0.2) is 0 Å². The number of esters is 1. The lowest BCUT2D eigenvalue weighted by Gasteiger charge is -2.62. The number of hydrogen-bond donors (Lipinski definition) is 3. The van der Waals surface area contributed by atoms with Gasteiger partial charge in [0, 0.05) is 24.4 Å². The van der Waals surface area contributed by atoms with Gasteiger partial charge in [-0.25, -0.2) is 4.79 Å². The van der Waals surface area contributed by atoms with Crippen LogP contribution in [0.1, 0.15) is 66.2 Å². The lowest BCUT2D eigenvalue weighted by molar-refractivity contribution is -0.218. The summed E-state index contributed by atoms with van der Waals surface area (Å²) in [7, 11) is 0. The van der Waals surface area contributed by atoms with Crippen LogP contribution in [-0.4, -0.2) is 52.5 Å². The van der Waals surface area contributed by atoms with E-state index in [0.29, 0.717) is 19.3 Å². The predicted octanol–water partition coefficient (Wildman–Crippen LogP) is 2.08. The van der Waals surface area contributed by atoms with Crippen molar-refractivity contribution in [3.05, 3.63) is 0 Å². The maximum Gasteiger partial charge on any atom is 0.332 e. The molecule has 0 radical (unpaired) electrons. The summed E-state index contributed by atoms with van der Waals surface area (Å²) in [4.78, 5) is 25.3. The Morgan fingerprint density at radius 2 is 1.93 bits per heavy atom. The quantitative estimate of drug-likeness (QED) is 0.629. The van der Waals surface area contributed by atoms with E-state index in [4.69, 9.17) is 4.74 Å². The molecule has 0 aromatic heterocycles. The van der Waals surface area contributed by atoms with E-state index in [2.05, 4.69) is 6.92 Å². The van der Waals surface area contributed by atoms with Crippen molar-refractivity contribution in [2.75, 3.05) is 13.2 Å². The molecular formula is C22H36O6. The standard InChI is InChI=1S/C22H36O6/c1-5-20(3)10-16(28-17(26)12-24)21(4)14(11-23)6-8-22(13(2)19(20)27)9-7-15(25)18(21)22/h13-14,16,18-19,23-24,27H,5-12H2,1-4H3/t13?,14-,16+,18?,19?,20+,21-,22-/m0/s1. The fraction of sp³-hybridized carbons (Fsp3) is 0.909. The van der Waals surface area contributed by atoms with Crippen molar-refractivity contribution in [3.8, 4) is 0 Å². The number of ether oxygens (including phenoxy) is 1. The zero-order chi connectivity index (χ0) is 20.9. The fourth-order valence-corrected chi connectivity index (χ4v) is 7.05. The summed E-state index contributed by atoms with van der Waals surface area (Å²) in [6, 6.07) is 0. The van der Waals surface area contributed by atoms with Crippen molar-refractivity contribution >= 4 is 11.8 Å². The van der Waals surface area contributed by atoms with Gasteiger partial charge < -0.3 is 20.1 Å². The highest BCUT2D eigenvalue weighted by Gasteiger charge is 2.68. The van der Waals surface area contributed by atoms with E-state index in [9.17, 15) is 24.9 Å². The molecule has 160 valence electrons. The predicted molar refractivity (Wildman–Crippen MR) is 103 cm³/mol. The first kappa shape index (κ1) is 21.7. The van der Waals surface area contributed by atoms with Crippen LogP contribution in [0.2, 0.25) is 0 Å². The fourth-order valence-electron chi connectivity index (χ4n) is 7.05. The van der Waals surface area contributed by atoms with Gasteiger partial charge in [0.2, 0.25) is 0 Å². The van der Waals surface area contributed by atoms with Gasteiger partial charge in [0.1, 0.15) is 18.5 Å². The number of Topliss-reactive ketones (excluding diaryl/α,β-unsaturated/α-hetero) is 1. The number of aliphatic hydroxyl groups is 3. The topological polar surface area (TPSA) is 104 Å². The van der Waals surface area contributed by atoms with E-state index in [1.807, 2.05) is 20.8 Å². The highest BCUT2D eigenvalue weighted by atomic mass is 16.6. The Kier molecular flexibility index (Phi) is 5.72. The van der Waals surface area contributed by atoms with Gasteiger partial charge in [-0.3, -0.25) is 4.79 Å². The lowest BCUT2D eigenvalue weighted by atomic mass is 9.43. The number of hydrogen-bond acceptors (Lipinski definition) is 6. The van der Waals surface area contributed by atoms with Gasteiger partial charge in [-0.1, -0.05) is 27.7 Å². The Labute approximate surface area is 167 Å². The van der Waals surface area contributed by atoms with E-state index in [-0.39, 0.29) is 35.6 Å². The summed E-state index contributed by atoms with van der Waals surface area (Å²) in [6.45, 7) is 7.33. The van der Waals surface area contributed by atoms with Gasteiger partial charge in [0.05, 0.1) is 6.10 Å². The van der Waals surface area contributed by atoms with Crippen molar-refractivity contribution < 1.29 is 29.6 Å². The number of aliphatic hydroxyl groups excluding tert-OH is 3. The number of rotatable bonds is 4. The summed E-state index contributed by atoms with van der Waals surface area (Å²) in [5.41, 5.74) is -1.53. The monoisotopic (exact) mass is 396 g/mol. The third kappa shape index (κ3) is 2.86. The molecule has 3 aliphatic carbocycles. The molecule has 0 amide bonds. The van der Waals surface area contributed by atoms with Crippen molar-refractivity contribution in [2.24, 2.45) is 34.0 Å². The van der Waals surface area contributed by atoms with E-state index in [0.717, 1.165) is 19.3 Å². The number of ketones is 1. The molecular weight excluding hydrogens is 360 g/mol. The summed E-state index contributed by atoms with van der Waals surface area (Å²) >= 11 is 0. The van der Waals surface area contributed by atoms with Crippen molar-refractivity contribution in [1.82, 2.24) is 0 Å². The van der Waals surface area contributed by atoms with Crippen molar-refractivity contribution in [1.29, 1.82) is 0 Å². The molecule has 3 aliphatic rings. The van der Waals surface area contributed by atoms with Gasteiger partial charge in [-0.05, 0) is 54.8 Å². The van der Waals surface area contributed by atoms with Gasteiger partial charge in [-0.15, -0.1) is 0 Å². The smallest absolute Gasteiger partial charge is 0.332 e. The van der Waals surface area contributed by atoms with Crippen LogP contribution in [0, 0.1) is 34.0 Å². The summed E-state index contributed by atoms with van der Waals surface area (Å²) < 4.78 is 5.77. The third-order valence-corrected chi connectivity index (χ3v) is 9.06. The minimum Gasteiger partial charge on any atom is -0.460 e. The molecule has 6 heteroatoms. The van der Waals surface area contributed by atoms with Gasteiger partial charge in [-0.2, -0.15) is 0 Å². The van der Waals surface area contributed by atoms with Gasteiger partial charge in [0.15, 0.2) is 0 Å². The zero-order valence-corrected chi connectivity index (χ0v) is 17.6. The molecule has 6 nitrogen and oxygen atoms in total. The average Bonchev–Trinajstić information content (AvgIpc) is 3.04. The van der Waals surface area contributed by atoms with Crippen LogP contribution in [-0.2, 0) is 14.3 Å². The first-order valence-corrected chi connectivity index (χ1v) is 10.7. The molecule has 0 aromatic rings. The highest BCUT2D eigenvalue weighted by molar-refractivity contribution is 5.85. The summed E-state index contributed by atoms with van der Waals surface area (Å²) in [5, 5.41) is 30.9. The summed E-state index contributed by atoms with van der Waals surface area (Å²) in [5.74, 6) is -1.13. The number of carbonyl (C=O) groups excluding carboxylic acids is 2. The maximum absolute atomic E-state index is 13.2. The second-order valence-electron chi connectivity index (χ2n) is 10.00. The molecule has 3 saturated carbocycles. The van der Waals surface area contributed by atoms with Crippen LogP contribution < -0.4 is 0 Å². The van der Waals surface area contributed by atoms with Crippen LogP contribution in [0.4, 0.5) is 0 Å². The van der Waals surface area contributed by atoms with E-state index in [1.165, 1.54) is 0 Å². The van der Waals surface area contributed by atoms with Crippen LogP contribution >= 0.6 is 0 Å².